The number of hydrogen-bond acceptors (Lipinski definition) is 5. The average molecular weight is 527 g/mol. The summed E-state index contributed by atoms with van der Waals surface area (Å²) in [5.74, 6) is -2.45. The van der Waals surface area contributed by atoms with Crippen molar-refractivity contribution in [2.75, 3.05) is 0 Å². The zero-order valence-electron chi connectivity index (χ0n) is 25.2. The molecule has 0 aliphatic heterocycles. The van der Waals surface area contributed by atoms with Gasteiger partial charge in [0, 0.05) is 11.1 Å². The fourth-order valence-electron chi connectivity index (χ4n) is 4.74. The number of aliphatic carboxylic acids is 1. The van der Waals surface area contributed by atoms with Crippen LogP contribution in [-0.2, 0) is 31.2 Å². The van der Waals surface area contributed by atoms with Crippen molar-refractivity contribution in [1.29, 1.82) is 0 Å². The van der Waals surface area contributed by atoms with Gasteiger partial charge >= 0.3 is 11.9 Å². The SMILES string of the molecule is CC(C)(C)c1cc(O)cc(C(C)(C)C)c1OC(=O)C(CC(=O)O)c1c(C(C)(C)C)cc(O)cc1C(C)(C)C. The minimum Gasteiger partial charge on any atom is -0.508 e. The summed E-state index contributed by atoms with van der Waals surface area (Å²) in [4.78, 5) is 26.3. The highest BCUT2D eigenvalue weighted by atomic mass is 16.5. The van der Waals surface area contributed by atoms with Crippen LogP contribution in [0, 0.1) is 0 Å². The van der Waals surface area contributed by atoms with E-state index in [4.69, 9.17) is 4.74 Å². The van der Waals surface area contributed by atoms with Gasteiger partial charge in [-0.3, -0.25) is 9.59 Å². The normalized spacial score (nSPS) is 13.8. The van der Waals surface area contributed by atoms with Crippen LogP contribution in [0.2, 0.25) is 0 Å². The first kappa shape index (κ1) is 31.2. The van der Waals surface area contributed by atoms with Crippen LogP contribution in [0.15, 0.2) is 24.3 Å². The van der Waals surface area contributed by atoms with E-state index in [0.717, 1.165) is 0 Å². The van der Waals surface area contributed by atoms with Crippen molar-refractivity contribution in [3.63, 3.8) is 0 Å². The number of esters is 1. The largest absolute Gasteiger partial charge is 0.508 e. The van der Waals surface area contributed by atoms with Gasteiger partial charge in [-0.1, -0.05) is 83.1 Å². The molecule has 0 aliphatic rings. The van der Waals surface area contributed by atoms with Crippen LogP contribution >= 0.6 is 0 Å². The summed E-state index contributed by atoms with van der Waals surface area (Å²) in [6, 6.07) is 6.44. The first-order chi connectivity index (χ1) is 16.9. The lowest BCUT2D eigenvalue weighted by Gasteiger charge is -2.34. The summed E-state index contributed by atoms with van der Waals surface area (Å²) in [5.41, 5.74) is 1.36. The van der Waals surface area contributed by atoms with E-state index in [-0.39, 0.29) is 11.5 Å². The zero-order valence-corrected chi connectivity index (χ0v) is 25.2. The van der Waals surface area contributed by atoms with Gasteiger partial charge in [0.1, 0.15) is 17.2 Å². The molecule has 6 nitrogen and oxygen atoms in total. The average Bonchev–Trinajstić information content (AvgIpc) is 2.69. The maximum atomic E-state index is 14.1. The number of phenolic OH excluding ortho intramolecular Hbond substituents is 2. The van der Waals surface area contributed by atoms with Crippen molar-refractivity contribution in [3.8, 4) is 17.2 Å². The summed E-state index contributed by atoms with van der Waals surface area (Å²) in [5, 5.41) is 31.0. The van der Waals surface area contributed by atoms with Crippen molar-refractivity contribution in [1.82, 2.24) is 0 Å². The molecule has 2 aromatic carbocycles. The molecule has 0 heterocycles. The van der Waals surface area contributed by atoms with Gasteiger partial charge in [0.25, 0.3) is 0 Å². The van der Waals surface area contributed by atoms with E-state index in [1.54, 1.807) is 24.3 Å². The molecule has 2 aromatic rings. The predicted octanol–water partition coefficient (Wildman–Crippen LogP) is 7.45. The van der Waals surface area contributed by atoms with Gasteiger partial charge in [0.2, 0.25) is 0 Å². The maximum Gasteiger partial charge on any atom is 0.319 e. The molecule has 38 heavy (non-hydrogen) atoms. The summed E-state index contributed by atoms with van der Waals surface area (Å²) in [7, 11) is 0. The lowest BCUT2D eigenvalue weighted by Crippen LogP contribution is -2.30. The topological polar surface area (TPSA) is 104 Å². The van der Waals surface area contributed by atoms with Crippen molar-refractivity contribution >= 4 is 11.9 Å². The first-order valence-corrected chi connectivity index (χ1v) is 13.1. The Hall–Kier alpha value is -3.02. The van der Waals surface area contributed by atoms with Crippen LogP contribution in [0.4, 0.5) is 0 Å². The molecule has 0 saturated heterocycles. The Kier molecular flexibility index (Phi) is 8.43. The maximum absolute atomic E-state index is 14.1. The summed E-state index contributed by atoms with van der Waals surface area (Å²) >= 11 is 0. The molecule has 0 bridgehead atoms. The lowest BCUT2D eigenvalue weighted by atomic mass is 9.72. The molecule has 0 saturated carbocycles. The molecule has 0 fully saturated rings. The van der Waals surface area contributed by atoms with Crippen LogP contribution in [0.3, 0.4) is 0 Å². The van der Waals surface area contributed by atoms with Crippen LogP contribution in [0.25, 0.3) is 0 Å². The molecular formula is C32H46O6. The number of carboxylic acid groups (broad SMARTS) is 1. The third-order valence-electron chi connectivity index (χ3n) is 6.68. The molecule has 0 radical (unpaired) electrons. The Labute approximate surface area is 228 Å². The van der Waals surface area contributed by atoms with Gasteiger partial charge in [-0.05, 0) is 62.6 Å². The summed E-state index contributed by atoms with van der Waals surface area (Å²) < 4.78 is 6.19. The second kappa shape index (κ2) is 10.3. The minimum atomic E-state index is -1.13. The van der Waals surface area contributed by atoms with Crippen molar-refractivity contribution < 1.29 is 29.6 Å². The molecule has 6 heteroatoms. The molecule has 2 rings (SSSR count). The summed E-state index contributed by atoms with van der Waals surface area (Å²) in [6.07, 6.45) is -0.469. The van der Waals surface area contributed by atoms with E-state index >= 15 is 0 Å². The fraction of sp³-hybridized carbons (Fsp3) is 0.562. The molecular weight excluding hydrogens is 480 g/mol. The van der Waals surface area contributed by atoms with E-state index in [2.05, 4.69) is 0 Å². The number of rotatable bonds is 5. The Morgan fingerprint density at radius 3 is 1.26 bits per heavy atom. The number of ether oxygens (including phenoxy) is 1. The number of hydrogen-bond donors (Lipinski definition) is 3. The second-order valence-electron chi connectivity index (χ2n) is 14.4. The minimum absolute atomic E-state index is 0.0645. The zero-order chi connectivity index (χ0) is 29.6. The van der Waals surface area contributed by atoms with E-state index in [9.17, 15) is 24.9 Å². The van der Waals surface area contributed by atoms with Gasteiger partial charge < -0.3 is 20.1 Å². The Bertz CT molecular complexity index is 1140. The number of carbonyl (C=O) groups is 2. The van der Waals surface area contributed by atoms with Gasteiger partial charge in [-0.2, -0.15) is 0 Å². The molecule has 210 valence electrons. The number of phenols is 2. The fourth-order valence-corrected chi connectivity index (χ4v) is 4.74. The highest BCUT2D eigenvalue weighted by molar-refractivity contribution is 5.87. The highest BCUT2D eigenvalue weighted by Gasteiger charge is 2.38. The van der Waals surface area contributed by atoms with E-state index in [0.29, 0.717) is 33.6 Å². The number of carbonyl (C=O) groups excluding carboxylic acids is 1. The predicted molar refractivity (Wildman–Crippen MR) is 152 cm³/mol. The molecule has 0 aliphatic carbocycles. The Morgan fingerprint density at radius 2 is 0.974 bits per heavy atom. The van der Waals surface area contributed by atoms with E-state index < -0.39 is 45.9 Å². The Balaban J connectivity index is 2.91. The molecule has 0 spiro atoms. The molecule has 1 unspecified atom stereocenters. The van der Waals surface area contributed by atoms with Crippen LogP contribution in [-0.4, -0.2) is 27.3 Å². The third kappa shape index (κ3) is 7.09. The number of benzene rings is 2. The lowest BCUT2D eigenvalue weighted by molar-refractivity contribution is -0.143. The standard InChI is InChI=1S/C32H46O6/c1-29(2,3)21-13-18(33)14-22(30(4,5)6)26(21)20(17-25(35)36)28(37)38-27-23(31(7,8)9)15-19(34)16-24(27)32(10,11)12/h13-16,20,33-34H,17H2,1-12H3,(H,35,36). The number of carboxylic acids is 1. The second-order valence-corrected chi connectivity index (χ2v) is 14.4. The quantitative estimate of drug-likeness (QED) is 0.276. The van der Waals surface area contributed by atoms with Gasteiger partial charge in [0.15, 0.2) is 0 Å². The van der Waals surface area contributed by atoms with E-state index in [1.165, 1.54) is 0 Å². The van der Waals surface area contributed by atoms with Gasteiger partial charge in [-0.15, -0.1) is 0 Å². The first-order valence-electron chi connectivity index (χ1n) is 13.1. The van der Waals surface area contributed by atoms with Crippen LogP contribution in [0.1, 0.15) is 123 Å². The summed E-state index contributed by atoms with van der Waals surface area (Å²) in [6.45, 7) is 23.6. The number of aromatic hydroxyl groups is 2. The smallest absolute Gasteiger partial charge is 0.319 e. The molecule has 0 aromatic heterocycles. The van der Waals surface area contributed by atoms with Crippen molar-refractivity contribution in [2.45, 2.75) is 117 Å². The molecule has 0 amide bonds. The monoisotopic (exact) mass is 526 g/mol. The van der Waals surface area contributed by atoms with Crippen molar-refractivity contribution in [3.05, 3.63) is 52.1 Å². The van der Waals surface area contributed by atoms with Gasteiger partial charge in [0.05, 0.1) is 12.3 Å². The van der Waals surface area contributed by atoms with E-state index in [1.807, 2.05) is 83.1 Å². The van der Waals surface area contributed by atoms with Crippen LogP contribution < -0.4 is 4.74 Å². The van der Waals surface area contributed by atoms with Gasteiger partial charge in [-0.25, -0.2) is 0 Å². The third-order valence-corrected chi connectivity index (χ3v) is 6.68. The molecule has 3 N–H and O–H groups in total. The van der Waals surface area contributed by atoms with Crippen LogP contribution in [0.5, 0.6) is 17.2 Å². The highest BCUT2D eigenvalue weighted by Crippen LogP contribution is 2.45. The molecule has 1 atom stereocenters. The van der Waals surface area contributed by atoms with Crippen molar-refractivity contribution in [2.24, 2.45) is 0 Å². The Morgan fingerprint density at radius 1 is 0.658 bits per heavy atom.